The Labute approximate surface area is 171 Å². The third-order valence-corrected chi connectivity index (χ3v) is 6.15. The zero-order valence-electron chi connectivity index (χ0n) is 15.2. The second kappa shape index (κ2) is 7.77. The molecule has 0 spiro atoms. The van der Waals surface area contributed by atoms with Gasteiger partial charge in [-0.3, -0.25) is 4.79 Å². The molecule has 144 valence electrons. The maximum atomic E-state index is 12.9. The number of thiazole rings is 1. The van der Waals surface area contributed by atoms with E-state index in [1.54, 1.807) is 40.5 Å². The molecule has 0 saturated carbocycles. The fourth-order valence-corrected chi connectivity index (χ4v) is 4.58. The van der Waals surface area contributed by atoms with Gasteiger partial charge in [-0.05, 0) is 24.3 Å². The first-order valence-electron chi connectivity index (χ1n) is 8.85. The molecule has 0 N–H and O–H groups in total. The van der Waals surface area contributed by atoms with Crippen molar-refractivity contribution in [3.05, 3.63) is 58.6 Å². The summed E-state index contributed by atoms with van der Waals surface area (Å²) in [6.07, 6.45) is 0. The highest BCUT2D eigenvalue weighted by Crippen LogP contribution is 2.33. The number of para-hydroxylation sites is 1. The highest BCUT2D eigenvalue weighted by molar-refractivity contribution is 7.22. The molecule has 1 aliphatic heterocycles. The average Bonchev–Trinajstić information content (AvgIpc) is 3.18. The molecule has 1 fully saturated rings. The van der Waals surface area contributed by atoms with Gasteiger partial charge in [0.05, 0.1) is 28.0 Å². The summed E-state index contributed by atoms with van der Waals surface area (Å²) >= 11 is 7.83. The summed E-state index contributed by atoms with van der Waals surface area (Å²) in [7, 11) is 1.31. The number of anilines is 1. The van der Waals surface area contributed by atoms with E-state index in [1.807, 2.05) is 18.2 Å². The van der Waals surface area contributed by atoms with E-state index >= 15 is 0 Å². The van der Waals surface area contributed by atoms with Gasteiger partial charge in [-0.25, -0.2) is 9.78 Å². The minimum absolute atomic E-state index is 0.159. The van der Waals surface area contributed by atoms with Crippen molar-refractivity contribution in [3.8, 4) is 0 Å². The Bertz CT molecular complexity index is 1040. The number of nitrogens with zero attached hydrogens (tertiary/aromatic N) is 3. The molecule has 0 radical (unpaired) electrons. The molecule has 4 rings (SSSR count). The van der Waals surface area contributed by atoms with Crippen molar-refractivity contribution in [1.29, 1.82) is 0 Å². The van der Waals surface area contributed by atoms with E-state index in [1.165, 1.54) is 7.11 Å². The standard InChI is InChI=1S/C20H18ClN3O3S/c1-27-19(26)14-6-3-2-5-13(14)18(25)23-9-11-24(12-10-23)20-22-17-15(21)7-4-8-16(17)28-20/h2-8H,9-12H2,1H3. The summed E-state index contributed by atoms with van der Waals surface area (Å²) < 4.78 is 5.84. The Morgan fingerprint density at radius 1 is 1.04 bits per heavy atom. The van der Waals surface area contributed by atoms with Crippen LogP contribution in [0, 0.1) is 0 Å². The van der Waals surface area contributed by atoms with Crippen molar-refractivity contribution in [3.63, 3.8) is 0 Å². The number of halogens is 1. The van der Waals surface area contributed by atoms with Gasteiger partial charge < -0.3 is 14.5 Å². The van der Waals surface area contributed by atoms with Crippen LogP contribution < -0.4 is 4.90 Å². The van der Waals surface area contributed by atoms with E-state index in [4.69, 9.17) is 16.3 Å². The minimum atomic E-state index is -0.506. The Morgan fingerprint density at radius 3 is 2.43 bits per heavy atom. The van der Waals surface area contributed by atoms with Gasteiger partial charge in [0.25, 0.3) is 5.91 Å². The van der Waals surface area contributed by atoms with Gasteiger partial charge in [0.1, 0.15) is 5.52 Å². The van der Waals surface area contributed by atoms with E-state index in [0.717, 1.165) is 15.3 Å². The Hall–Kier alpha value is -2.64. The summed E-state index contributed by atoms with van der Waals surface area (Å²) in [5, 5.41) is 1.55. The number of ether oxygens (including phenoxy) is 1. The fourth-order valence-electron chi connectivity index (χ4n) is 3.27. The second-order valence-electron chi connectivity index (χ2n) is 6.40. The molecule has 0 bridgehead atoms. The lowest BCUT2D eigenvalue weighted by molar-refractivity contribution is 0.0589. The first-order chi connectivity index (χ1) is 13.6. The van der Waals surface area contributed by atoms with E-state index in [0.29, 0.717) is 42.3 Å². The Morgan fingerprint density at radius 2 is 1.75 bits per heavy atom. The van der Waals surface area contributed by atoms with Gasteiger partial charge in [-0.1, -0.05) is 41.1 Å². The van der Waals surface area contributed by atoms with E-state index in [-0.39, 0.29) is 5.91 Å². The van der Waals surface area contributed by atoms with Crippen LogP contribution in [0.1, 0.15) is 20.7 Å². The van der Waals surface area contributed by atoms with Crippen LogP contribution in [0.5, 0.6) is 0 Å². The Balaban J connectivity index is 1.49. The molecule has 0 aliphatic carbocycles. The van der Waals surface area contributed by atoms with Crippen LogP contribution in [-0.2, 0) is 4.74 Å². The van der Waals surface area contributed by atoms with Crippen LogP contribution in [0.3, 0.4) is 0 Å². The highest BCUT2D eigenvalue weighted by Gasteiger charge is 2.26. The third-order valence-electron chi connectivity index (χ3n) is 4.76. The van der Waals surface area contributed by atoms with Crippen molar-refractivity contribution in [2.45, 2.75) is 0 Å². The molecule has 1 amide bonds. The zero-order chi connectivity index (χ0) is 19.7. The number of benzene rings is 2. The maximum absolute atomic E-state index is 12.9. The van der Waals surface area contributed by atoms with Gasteiger partial charge >= 0.3 is 5.97 Å². The lowest BCUT2D eigenvalue weighted by Gasteiger charge is -2.34. The topological polar surface area (TPSA) is 62.7 Å². The lowest BCUT2D eigenvalue weighted by atomic mass is 10.1. The summed E-state index contributed by atoms with van der Waals surface area (Å²) in [6, 6.07) is 12.5. The van der Waals surface area contributed by atoms with E-state index in [9.17, 15) is 9.59 Å². The zero-order valence-corrected chi connectivity index (χ0v) is 16.8. The Kier molecular flexibility index (Phi) is 5.19. The predicted octanol–water partition coefficient (Wildman–Crippen LogP) is 3.70. The summed E-state index contributed by atoms with van der Waals surface area (Å²) in [5.41, 5.74) is 1.47. The van der Waals surface area contributed by atoms with Crippen molar-refractivity contribution in [1.82, 2.24) is 9.88 Å². The number of carbonyl (C=O) groups is 2. The van der Waals surface area contributed by atoms with Crippen molar-refractivity contribution in [2.75, 3.05) is 38.2 Å². The van der Waals surface area contributed by atoms with Crippen LogP contribution in [0.2, 0.25) is 5.02 Å². The van der Waals surface area contributed by atoms with Crippen molar-refractivity contribution >= 4 is 50.2 Å². The van der Waals surface area contributed by atoms with Crippen LogP contribution in [-0.4, -0.2) is 55.0 Å². The molecule has 1 aromatic heterocycles. The third kappa shape index (κ3) is 3.43. The van der Waals surface area contributed by atoms with Gasteiger partial charge in [-0.2, -0.15) is 0 Å². The van der Waals surface area contributed by atoms with Crippen molar-refractivity contribution < 1.29 is 14.3 Å². The van der Waals surface area contributed by atoms with Crippen LogP contribution in [0.4, 0.5) is 5.13 Å². The molecule has 28 heavy (non-hydrogen) atoms. The average molecular weight is 416 g/mol. The SMILES string of the molecule is COC(=O)c1ccccc1C(=O)N1CCN(c2nc3c(Cl)cccc3s2)CC1. The molecular formula is C20H18ClN3O3S. The first kappa shape index (κ1) is 18.7. The maximum Gasteiger partial charge on any atom is 0.338 e. The number of hydrogen-bond acceptors (Lipinski definition) is 6. The van der Waals surface area contributed by atoms with Crippen LogP contribution in [0.25, 0.3) is 10.2 Å². The number of esters is 1. The second-order valence-corrected chi connectivity index (χ2v) is 7.82. The molecule has 0 atom stereocenters. The molecule has 1 saturated heterocycles. The summed E-state index contributed by atoms with van der Waals surface area (Å²) in [6.45, 7) is 2.45. The van der Waals surface area contributed by atoms with E-state index in [2.05, 4.69) is 9.88 Å². The van der Waals surface area contributed by atoms with Gasteiger partial charge in [0.2, 0.25) is 0 Å². The fraction of sp³-hybridized carbons (Fsp3) is 0.250. The van der Waals surface area contributed by atoms with Gasteiger partial charge in [-0.15, -0.1) is 0 Å². The van der Waals surface area contributed by atoms with Gasteiger partial charge in [0, 0.05) is 26.2 Å². The number of hydrogen-bond donors (Lipinski definition) is 0. The molecular weight excluding hydrogens is 398 g/mol. The smallest absolute Gasteiger partial charge is 0.338 e. The largest absolute Gasteiger partial charge is 0.465 e. The molecule has 3 aromatic rings. The molecule has 2 aromatic carbocycles. The molecule has 0 unspecified atom stereocenters. The summed E-state index contributed by atoms with van der Waals surface area (Å²) in [5.74, 6) is -0.665. The number of rotatable bonds is 3. The molecule has 6 nitrogen and oxygen atoms in total. The summed E-state index contributed by atoms with van der Waals surface area (Å²) in [4.78, 5) is 33.5. The molecule has 2 heterocycles. The molecule has 1 aliphatic rings. The number of methoxy groups -OCH3 is 1. The first-order valence-corrected chi connectivity index (χ1v) is 10.0. The monoisotopic (exact) mass is 415 g/mol. The van der Waals surface area contributed by atoms with E-state index < -0.39 is 5.97 Å². The number of amides is 1. The van der Waals surface area contributed by atoms with Crippen LogP contribution >= 0.6 is 22.9 Å². The highest BCUT2D eigenvalue weighted by atomic mass is 35.5. The normalized spacial score (nSPS) is 14.4. The minimum Gasteiger partial charge on any atom is -0.465 e. The molecule has 8 heteroatoms. The van der Waals surface area contributed by atoms with Crippen molar-refractivity contribution in [2.24, 2.45) is 0 Å². The number of aromatic nitrogens is 1. The van der Waals surface area contributed by atoms with Crippen LogP contribution in [0.15, 0.2) is 42.5 Å². The number of fused-ring (bicyclic) bond motifs is 1. The lowest BCUT2D eigenvalue weighted by Crippen LogP contribution is -2.49. The quantitative estimate of drug-likeness (QED) is 0.610. The number of piperazine rings is 1. The van der Waals surface area contributed by atoms with Gasteiger partial charge in [0.15, 0.2) is 5.13 Å². The number of carbonyl (C=O) groups excluding carboxylic acids is 2. The predicted molar refractivity (Wildman–Crippen MR) is 111 cm³/mol.